The number of fused-ring (bicyclic) bond motifs is 1. The fraction of sp³-hybridized carbons (Fsp3) is 0.192. The second kappa shape index (κ2) is 8.87. The average molecular weight is 399 g/mol. The van der Waals surface area contributed by atoms with Crippen molar-refractivity contribution in [3.63, 3.8) is 0 Å². The van der Waals surface area contributed by atoms with E-state index in [4.69, 9.17) is 4.42 Å². The summed E-state index contributed by atoms with van der Waals surface area (Å²) in [6, 6.07) is 24.0. The summed E-state index contributed by atoms with van der Waals surface area (Å²) in [7, 11) is 0. The smallest absolute Gasteiger partial charge is 0.268 e. The molecule has 1 N–H and O–H groups in total. The number of carbonyl (C=O) groups excluding carboxylic acids is 1. The SMILES string of the molecule is C/C=C\Cn1c(C(=O)N[C@H](Cc2ccccc2)c2ccccc2)cc2oc(C)cc21. The predicted molar refractivity (Wildman–Crippen MR) is 121 cm³/mol. The molecule has 0 aliphatic carbocycles. The third-order valence-corrected chi connectivity index (χ3v) is 5.26. The van der Waals surface area contributed by atoms with Crippen LogP contribution in [0.1, 0.15) is 40.3 Å². The van der Waals surface area contributed by atoms with Crippen molar-refractivity contribution in [3.8, 4) is 0 Å². The molecule has 0 saturated heterocycles. The largest absolute Gasteiger partial charge is 0.460 e. The summed E-state index contributed by atoms with van der Waals surface area (Å²) in [4.78, 5) is 13.4. The van der Waals surface area contributed by atoms with Crippen molar-refractivity contribution >= 4 is 17.0 Å². The maximum Gasteiger partial charge on any atom is 0.268 e. The number of amides is 1. The Morgan fingerprint density at radius 2 is 1.77 bits per heavy atom. The van der Waals surface area contributed by atoms with Gasteiger partial charge in [-0.15, -0.1) is 0 Å². The Labute approximate surface area is 176 Å². The van der Waals surface area contributed by atoms with E-state index in [1.807, 2.05) is 79.1 Å². The Morgan fingerprint density at radius 1 is 1.07 bits per heavy atom. The number of allylic oxidation sites excluding steroid dienone is 2. The van der Waals surface area contributed by atoms with E-state index in [9.17, 15) is 4.79 Å². The number of rotatable bonds is 7. The lowest BCUT2D eigenvalue weighted by Gasteiger charge is -2.20. The van der Waals surface area contributed by atoms with Gasteiger partial charge in [-0.1, -0.05) is 72.8 Å². The first-order valence-corrected chi connectivity index (χ1v) is 10.3. The molecule has 0 saturated carbocycles. The average Bonchev–Trinajstić information content (AvgIpc) is 3.29. The Bertz CT molecular complexity index is 1150. The van der Waals surface area contributed by atoms with Gasteiger partial charge < -0.3 is 14.3 Å². The molecule has 0 aliphatic rings. The van der Waals surface area contributed by atoms with Crippen LogP contribution in [-0.4, -0.2) is 10.5 Å². The minimum atomic E-state index is -0.126. The van der Waals surface area contributed by atoms with Crippen molar-refractivity contribution in [2.75, 3.05) is 0 Å². The van der Waals surface area contributed by atoms with Gasteiger partial charge in [0, 0.05) is 18.7 Å². The van der Waals surface area contributed by atoms with Crippen LogP contribution >= 0.6 is 0 Å². The van der Waals surface area contributed by atoms with E-state index in [0.29, 0.717) is 12.2 Å². The molecule has 0 spiro atoms. The Kier molecular flexibility index (Phi) is 5.84. The number of benzene rings is 2. The Balaban J connectivity index is 1.66. The summed E-state index contributed by atoms with van der Waals surface area (Å²) in [5, 5.41) is 3.25. The van der Waals surface area contributed by atoms with Gasteiger partial charge in [-0.05, 0) is 31.4 Å². The third-order valence-electron chi connectivity index (χ3n) is 5.26. The van der Waals surface area contributed by atoms with E-state index >= 15 is 0 Å². The Hall–Kier alpha value is -3.53. The second-order valence-corrected chi connectivity index (χ2v) is 7.44. The van der Waals surface area contributed by atoms with Crippen LogP contribution in [0.2, 0.25) is 0 Å². The lowest BCUT2D eigenvalue weighted by atomic mass is 9.98. The first-order valence-electron chi connectivity index (χ1n) is 10.3. The van der Waals surface area contributed by atoms with Crippen molar-refractivity contribution in [2.24, 2.45) is 0 Å². The van der Waals surface area contributed by atoms with Gasteiger partial charge in [-0.2, -0.15) is 0 Å². The number of aromatic nitrogens is 1. The van der Waals surface area contributed by atoms with Gasteiger partial charge in [0.25, 0.3) is 5.91 Å². The predicted octanol–water partition coefficient (Wildman–Crippen LogP) is 5.83. The topological polar surface area (TPSA) is 47.2 Å². The molecule has 0 fully saturated rings. The molecule has 0 radical (unpaired) electrons. The molecule has 0 unspecified atom stereocenters. The number of hydrogen-bond donors (Lipinski definition) is 1. The van der Waals surface area contributed by atoms with E-state index in [1.165, 1.54) is 5.56 Å². The van der Waals surface area contributed by atoms with Gasteiger partial charge >= 0.3 is 0 Å². The third kappa shape index (κ3) is 4.23. The monoisotopic (exact) mass is 398 g/mol. The molecule has 4 nitrogen and oxygen atoms in total. The van der Waals surface area contributed by atoms with Crippen LogP contribution < -0.4 is 5.32 Å². The van der Waals surface area contributed by atoms with E-state index in [1.54, 1.807) is 0 Å². The lowest BCUT2D eigenvalue weighted by Crippen LogP contribution is -2.31. The molecular formula is C26H26N2O2. The number of nitrogens with one attached hydrogen (secondary N) is 1. The van der Waals surface area contributed by atoms with Gasteiger partial charge in [0.05, 0.1) is 11.6 Å². The first-order chi connectivity index (χ1) is 14.7. The fourth-order valence-corrected chi connectivity index (χ4v) is 3.78. The van der Waals surface area contributed by atoms with Gasteiger partial charge in [0.1, 0.15) is 11.5 Å². The molecule has 2 heterocycles. The number of nitrogens with zero attached hydrogens (tertiary/aromatic N) is 1. The van der Waals surface area contributed by atoms with Crippen LogP contribution in [0, 0.1) is 6.92 Å². The van der Waals surface area contributed by atoms with Crippen LogP contribution in [0.3, 0.4) is 0 Å². The van der Waals surface area contributed by atoms with Gasteiger partial charge in [-0.3, -0.25) is 4.79 Å². The maximum atomic E-state index is 13.4. The lowest BCUT2D eigenvalue weighted by molar-refractivity contribution is 0.0928. The molecule has 152 valence electrons. The number of aryl methyl sites for hydroxylation is 1. The van der Waals surface area contributed by atoms with E-state index in [0.717, 1.165) is 28.8 Å². The summed E-state index contributed by atoms with van der Waals surface area (Å²) in [5.41, 5.74) is 4.55. The minimum absolute atomic E-state index is 0.103. The van der Waals surface area contributed by atoms with Crippen molar-refractivity contribution in [1.82, 2.24) is 9.88 Å². The quantitative estimate of drug-likeness (QED) is 0.398. The van der Waals surface area contributed by atoms with E-state index in [-0.39, 0.29) is 11.9 Å². The summed E-state index contributed by atoms with van der Waals surface area (Å²) < 4.78 is 7.79. The zero-order valence-electron chi connectivity index (χ0n) is 17.3. The van der Waals surface area contributed by atoms with Crippen LogP contribution in [0.4, 0.5) is 0 Å². The molecule has 0 bridgehead atoms. The Morgan fingerprint density at radius 3 is 2.47 bits per heavy atom. The highest BCUT2D eigenvalue weighted by atomic mass is 16.3. The molecule has 4 heteroatoms. The van der Waals surface area contributed by atoms with Gasteiger partial charge in [0.15, 0.2) is 5.58 Å². The van der Waals surface area contributed by atoms with E-state index < -0.39 is 0 Å². The molecule has 30 heavy (non-hydrogen) atoms. The van der Waals surface area contributed by atoms with Crippen molar-refractivity contribution in [1.29, 1.82) is 0 Å². The van der Waals surface area contributed by atoms with Crippen molar-refractivity contribution in [3.05, 3.63) is 108 Å². The molecule has 2 aromatic heterocycles. The van der Waals surface area contributed by atoms with Crippen molar-refractivity contribution < 1.29 is 9.21 Å². The highest BCUT2D eigenvalue weighted by Gasteiger charge is 2.21. The summed E-state index contributed by atoms with van der Waals surface area (Å²) >= 11 is 0. The summed E-state index contributed by atoms with van der Waals surface area (Å²) in [5.74, 6) is 0.737. The van der Waals surface area contributed by atoms with Crippen molar-refractivity contribution in [2.45, 2.75) is 32.9 Å². The van der Waals surface area contributed by atoms with Crippen LogP contribution in [-0.2, 0) is 13.0 Å². The number of hydrogen-bond acceptors (Lipinski definition) is 2. The first kappa shape index (κ1) is 19.8. The minimum Gasteiger partial charge on any atom is -0.460 e. The molecule has 4 rings (SSSR count). The van der Waals surface area contributed by atoms with Crippen LogP contribution in [0.25, 0.3) is 11.1 Å². The number of furan rings is 1. The molecule has 1 atom stereocenters. The normalized spacial score (nSPS) is 12.5. The second-order valence-electron chi connectivity index (χ2n) is 7.44. The van der Waals surface area contributed by atoms with Gasteiger partial charge in [-0.25, -0.2) is 0 Å². The zero-order valence-corrected chi connectivity index (χ0v) is 17.3. The van der Waals surface area contributed by atoms with Crippen LogP contribution in [0.5, 0.6) is 0 Å². The zero-order chi connectivity index (χ0) is 20.9. The summed E-state index contributed by atoms with van der Waals surface area (Å²) in [6.45, 7) is 4.52. The molecular weight excluding hydrogens is 372 g/mol. The van der Waals surface area contributed by atoms with E-state index in [2.05, 4.69) is 29.6 Å². The number of carbonyl (C=O) groups is 1. The molecule has 1 amide bonds. The fourth-order valence-electron chi connectivity index (χ4n) is 3.78. The molecule has 0 aliphatic heterocycles. The maximum absolute atomic E-state index is 13.4. The standard InChI is InChI=1S/C26H26N2O2/c1-3-4-15-28-23-16-19(2)30-25(23)18-24(28)26(29)27-22(21-13-9-6-10-14-21)17-20-11-7-5-8-12-20/h3-14,16,18,22H,15,17H2,1-2H3,(H,27,29)/b4-3-/t22-/m1/s1. The summed E-state index contributed by atoms with van der Waals surface area (Å²) in [6.07, 6.45) is 4.75. The highest BCUT2D eigenvalue weighted by molar-refractivity contribution is 5.98. The molecule has 4 aromatic rings. The van der Waals surface area contributed by atoms with Gasteiger partial charge in [0.2, 0.25) is 0 Å². The van der Waals surface area contributed by atoms with Crippen LogP contribution in [0.15, 0.2) is 89.4 Å². The highest BCUT2D eigenvalue weighted by Crippen LogP contribution is 2.25. The molecule has 2 aromatic carbocycles.